The van der Waals surface area contributed by atoms with Gasteiger partial charge in [0.05, 0.1) is 5.69 Å². The van der Waals surface area contributed by atoms with Gasteiger partial charge in [0.25, 0.3) is 0 Å². The Morgan fingerprint density at radius 3 is 2.69 bits per heavy atom. The molecule has 0 fully saturated rings. The minimum atomic E-state index is 0.178. The van der Waals surface area contributed by atoms with Crippen molar-refractivity contribution in [2.24, 2.45) is 0 Å². The number of nitrogens with one attached hydrogen (secondary N) is 1. The smallest absolute Gasteiger partial charge is 0.0521 e. The van der Waals surface area contributed by atoms with Crippen molar-refractivity contribution in [1.29, 1.82) is 0 Å². The zero-order chi connectivity index (χ0) is 12.2. The van der Waals surface area contributed by atoms with E-state index in [4.69, 9.17) is 0 Å². The van der Waals surface area contributed by atoms with Gasteiger partial charge < -0.3 is 10.2 Å². The van der Waals surface area contributed by atoms with Crippen molar-refractivity contribution in [2.75, 3.05) is 20.6 Å². The van der Waals surface area contributed by atoms with Gasteiger partial charge in [-0.2, -0.15) is 5.10 Å². The fourth-order valence-electron chi connectivity index (χ4n) is 1.45. The molecule has 0 amide bonds. The lowest BCUT2D eigenvalue weighted by atomic mass is 10.0. The molecule has 0 bridgehead atoms. The van der Waals surface area contributed by atoms with E-state index in [9.17, 15) is 0 Å². The second-order valence-corrected chi connectivity index (χ2v) is 4.95. The molecule has 0 atom stereocenters. The van der Waals surface area contributed by atoms with Crippen molar-refractivity contribution in [2.45, 2.75) is 39.4 Å². The predicted molar refractivity (Wildman–Crippen MR) is 67.4 cm³/mol. The average molecular weight is 224 g/mol. The second-order valence-electron chi connectivity index (χ2n) is 4.95. The molecule has 0 aromatic carbocycles. The molecular formula is C12H24N4. The molecule has 0 aliphatic heterocycles. The summed E-state index contributed by atoms with van der Waals surface area (Å²) in [6.07, 6.45) is 1.86. The molecule has 0 saturated heterocycles. The van der Waals surface area contributed by atoms with Crippen LogP contribution in [-0.2, 0) is 13.1 Å². The highest BCUT2D eigenvalue weighted by atomic mass is 15.3. The number of rotatable bonds is 6. The molecule has 0 radical (unpaired) electrons. The van der Waals surface area contributed by atoms with E-state index in [1.165, 1.54) is 5.69 Å². The Hall–Kier alpha value is -0.870. The normalized spacial score (nSPS) is 12.4. The van der Waals surface area contributed by atoms with E-state index >= 15 is 0 Å². The molecule has 4 nitrogen and oxygen atoms in total. The van der Waals surface area contributed by atoms with Crippen molar-refractivity contribution in [3.8, 4) is 0 Å². The maximum absolute atomic E-state index is 4.25. The maximum Gasteiger partial charge on any atom is 0.0521 e. The molecular weight excluding hydrogens is 200 g/mol. The number of nitrogens with zero attached hydrogens (tertiary/aromatic N) is 3. The molecule has 1 aromatic heterocycles. The molecule has 92 valence electrons. The number of aryl methyl sites for hydroxylation is 1. The Labute approximate surface area is 98.6 Å². The Kier molecular flexibility index (Phi) is 4.50. The lowest BCUT2D eigenvalue weighted by Gasteiger charge is -2.32. The van der Waals surface area contributed by atoms with E-state index in [0.29, 0.717) is 0 Å². The van der Waals surface area contributed by atoms with Gasteiger partial charge in [0.1, 0.15) is 0 Å². The molecule has 1 aromatic rings. The molecule has 4 heteroatoms. The first-order valence-corrected chi connectivity index (χ1v) is 5.86. The molecule has 1 N–H and O–H groups in total. The Morgan fingerprint density at radius 2 is 2.12 bits per heavy atom. The Balaban J connectivity index is 2.41. The standard InChI is InChI=1S/C12H24N4/c1-6-16-11(7-8-14-16)9-13-10-12(2,3)15(4)5/h7-8,13H,6,9-10H2,1-5H3. The zero-order valence-electron chi connectivity index (χ0n) is 11.1. The fraction of sp³-hybridized carbons (Fsp3) is 0.750. The summed E-state index contributed by atoms with van der Waals surface area (Å²) in [5.74, 6) is 0. The number of aromatic nitrogens is 2. The van der Waals surface area contributed by atoms with Crippen LogP contribution >= 0.6 is 0 Å². The van der Waals surface area contributed by atoms with Gasteiger partial charge in [0.2, 0.25) is 0 Å². The van der Waals surface area contributed by atoms with Crippen molar-refractivity contribution in [1.82, 2.24) is 20.0 Å². The van der Waals surface area contributed by atoms with Crippen LogP contribution in [0.5, 0.6) is 0 Å². The summed E-state index contributed by atoms with van der Waals surface area (Å²) in [4.78, 5) is 2.23. The van der Waals surface area contributed by atoms with Crippen LogP contribution in [0.3, 0.4) is 0 Å². The molecule has 0 aliphatic rings. The van der Waals surface area contributed by atoms with Crippen LogP contribution in [0, 0.1) is 0 Å². The van der Waals surface area contributed by atoms with Crippen molar-refractivity contribution >= 4 is 0 Å². The molecule has 1 heterocycles. The van der Waals surface area contributed by atoms with E-state index in [0.717, 1.165) is 19.6 Å². The van der Waals surface area contributed by atoms with Gasteiger partial charge in [-0.3, -0.25) is 4.68 Å². The van der Waals surface area contributed by atoms with Gasteiger partial charge in [-0.15, -0.1) is 0 Å². The van der Waals surface area contributed by atoms with Gasteiger partial charge in [-0.1, -0.05) is 0 Å². The lowest BCUT2D eigenvalue weighted by Crippen LogP contribution is -2.46. The minimum absolute atomic E-state index is 0.178. The van der Waals surface area contributed by atoms with Crippen LogP contribution in [-0.4, -0.2) is 40.9 Å². The van der Waals surface area contributed by atoms with Gasteiger partial charge >= 0.3 is 0 Å². The number of hydrogen-bond acceptors (Lipinski definition) is 3. The largest absolute Gasteiger partial charge is 0.309 e. The summed E-state index contributed by atoms with van der Waals surface area (Å²) in [7, 11) is 4.22. The second kappa shape index (κ2) is 5.46. The van der Waals surface area contributed by atoms with E-state index in [-0.39, 0.29) is 5.54 Å². The number of likely N-dealkylation sites (N-methyl/N-ethyl adjacent to an activating group) is 1. The van der Waals surface area contributed by atoms with E-state index in [1.807, 2.05) is 10.9 Å². The Morgan fingerprint density at radius 1 is 1.44 bits per heavy atom. The summed E-state index contributed by atoms with van der Waals surface area (Å²) in [5.41, 5.74) is 1.42. The minimum Gasteiger partial charge on any atom is -0.309 e. The van der Waals surface area contributed by atoms with Crippen LogP contribution in [0.4, 0.5) is 0 Å². The van der Waals surface area contributed by atoms with Gasteiger partial charge in [-0.25, -0.2) is 0 Å². The first-order chi connectivity index (χ1) is 7.47. The predicted octanol–water partition coefficient (Wildman–Crippen LogP) is 1.33. The van der Waals surface area contributed by atoms with Crippen LogP contribution in [0.1, 0.15) is 26.5 Å². The Bertz CT molecular complexity index is 315. The van der Waals surface area contributed by atoms with Crippen LogP contribution in [0.15, 0.2) is 12.3 Å². The van der Waals surface area contributed by atoms with E-state index in [2.05, 4.69) is 56.2 Å². The van der Waals surface area contributed by atoms with E-state index < -0.39 is 0 Å². The third kappa shape index (κ3) is 3.32. The molecule has 0 saturated carbocycles. The highest BCUT2D eigenvalue weighted by molar-refractivity contribution is 5.00. The first-order valence-electron chi connectivity index (χ1n) is 5.86. The molecule has 0 unspecified atom stereocenters. The summed E-state index contributed by atoms with van der Waals surface area (Å²) in [6, 6.07) is 2.07. The van der Waals surface area contributed by atoms with Crippen molar-refractivity contribution in [3.63, 3.8) is 0 Å². The average Bonchev–Trinajstić information content (AvgIpc) is 2.64. The molecule has 0 aliphatic carbocycles. The van der Waals surface area contributed by atoms with Crippen LogP contribution < -0.4 is 5.32 Å². The zero-order valence-corrected chi connectivity index (χ0v) is 11.1. The van der Waals surface area contributed by atoms with E-state index in [1.54, 1.807) is 0 Å². The van der Waals surface area contributed by atoms with Crippen molar-refractivity contribution in [3.05, 3.63) is 18.0 Å². The topological polar surface area (TPSA) is 33.1 Å². The third-order valence-corrected chi connectivity index (χ3v) is 3.18. The molecule has 0 spiro atoms. The van der Waals surface area contributed by atoms with Gasteiger partial charge in [0.15, 0.2) is 0 Å². The quantitative estimate of drug-likeness (QED) is 0.791. The van der Waals surface area contributed by atoms with Gasteiger partial charge in [0, 0.05) is 31.4 Å². The fourth-order valence-corrected chi connectivity index (χ4v) is 1.45. The SMILES string of the molecule is CCn1nccc1CNCC(C)(C)N(C)C. The molecule has 16 heavy (non-hydrogen) atoms. The summed E-state index contributed by atoms with van der Waals surface area (Å²) >= 11 is 0. The first kappa shape index (κ1) is 13.2. The van der Waals surface area contributed by atoms with Gasteiger partial charge in [-0.05, 0) is 40.9 Å². The lowest BCUT2D eigenvalue weighted by molar-refractivity contribution is 0.189. The third-order valence-electron chi connectivity index (χ3n) is 3.18. The summed E-state index contributed by atoms with van der Waals surface area (Å²) < 4.78 is 2.02. The summed E-state index contributed by atoms with van der Waals surface area (Å²) in [5, 5.41) is 7.73. The monoisotopic (exact) mass is 224 g/mol. The highest BCUT2D eigenvalue weighted by Gasteiger charge is 2.19. The van der Waals surface area contributed by atoms with Crippen LogP contribution in [0.2, 0.25) is 0 Å². The van der Waals surface area contributed by atoms with Crippen LogP contribution in [0.25, 0.3) is 0 Å². The van der Waals surface area contributed by atoms with Crippen molar-refractivity contribution < 1.29 is 0 Å². The summed E-state index contributed by atoms with van der Waals surface area (Å²) in [6.45, 7) is 9.36. The molecule has 1 rings (SSSR count). The number of hydrogen-bond donors (Lipinski definition) is 1. The maximum atomic E-state index is 4.25. The highest BCUT2D eigenvalue weighted by Crippen LogP contribution is 2.08.